The minimum Gasteiger partial charge on any atom is -0.381 e. The average Bonchev–Trinajstić information content (AvgIpc) is 3.27. The van der Waals surface area contributed by atoms with Gasteiger partial charge < -0.3 is 4.74 Å². The lowest BCUT2D eigenvalue weighted by atomic mass is 10.1. The van der Waals surface area contributed by atoms with E-state index in [0.29, 0.717) is 5.92 Å². The van der Waals surface area contributed by atoms with Crippen molar-refractivity contribution in [2.75, 3.05) is 13.2 Å². The summed E-state index contributed by atoms with van der Waals surface area (Å²) in [5.74, 6) is 0.429. The summed E-state index contributed by atoms with van der Waals surface area (Å²) in [5, 5.41) is 9.71. The van der Waals surface area contributed by atoms with Crippen LogP contribution in [0.3, 0.4) is 0 Å². The number of aryl methyl sites for hydroxylation is 2. The Balaban J connectivity index is 1.34. The first-order valence-electron chi connectivity index (χ1n) is 7.71. The molecule has 2 aromatic heterocycles. The first-order valence-corrected chi connectivity index (χ1v) is 8.52. The summed E-state index contributed by atoms with van der Waals surface area (Å²) in [4.78, 5) is 4.67. The molecule has 0 saturated carbocycles. The molecule has 0 unspecified atom stereocenters. The number of hydrogen-bond donors (Lipinski definition) is 0. The van der Waals surface area contributed by atoms with Gasteiger partial charge in [-0.15, -0.1) is 16.4 Å². The van der Waals surface area contributed by atoms with Gasteiger partial charge in [0.25, 0.3) is 0 Å². The van der Waals surface area contributed by atoms with Crippen molar-refractivity contribution in [1.29, 1.82) is 0 Å². The average molecular weight is 314 g/mol. The highest BCUT2D eigenvalue weighted by Crippen LogP contribution is 2.24. The maximum Gasteiger partial charge on any atom is 0.0939 e. The van der Waals surface area contributed by atoms with Crippen LogP contribution in [0.4, 0.5) is 0 Å². The van der Waals surface area contributed by atoms with Crippen LogP contribution in [0.5, 0.6) is 0 Å². The van der Waals surface area contributed by atoms with Crippen LogP contribution in [-0.4, -0.2) is 33.2 Å². The fourth-order valence-electron chi connectivity index (χ4n) is 2.80. The van der Waals surface area contributed by atoms with Crippen LogP contribution in [0.25, 0.3) is 10.2 Å². The van der Waals surface area contributed by atoms with Crippen LogP contribution >= 0.6 is 11.3 Å². The third-order valence-electron chi connectivity index (χ3n) is 4.02. The molecule has 0 radical (unpaired) electrons. The lowest BCUT2D eigenvalue weighted by Gasteiger charge is -2.00. The topological polar surface area (TPSA) is 52.8 Å². The quantitative estimate of drug-likeness (QED) is 0.726. The molecule has 1 fully saturated rings. The summed E-state index contributed by atoms with van der Waals surface area (Å²) < 4.78 is 8.62. The van der Waals surface area contributed by atoms with E-state index in [1.165, 1.54) is 9.71 Å². The normalized spacial score (nSPS) is 18.3. The Hall–Kier alpha value is -1.79. The van der Waals surface area contributed by atoms with E-state index in [1.54, 1.807) is 11.3 Å². The van der Waals surface area contributed by atoms with Crippen LogP contribution in [0.2, 0.25) is 0 Å². The molecular formula is C16H18N4OS. The predicted molar refractivity (Wildman–Crippen MR) is 86.1 cm³/mol. The summed E-state index contributed by atoms with van der Waals surface area (Å²) >= 11 is 1.79. The van der Waals surface area contributed by atoms with Gasteiger partial charge in [-0.1, -0.05) is 17.3 Å². The van der Waals surface area contributed by atoms with E-state index >= 15 is 0 Å². The van der Waals surface area contributed by atoms with E-state index < -0.39 is 0 Å². The Kier molecular flexibility index (Phi) is 3.86. The second-order valence-electron chi connectivity index (χ2n) is 5.65. The van der Waals surface area contributed by atoms with Crippen LogP contribution in [0.1, 0.15) is 29.5 Å². The Labute approximate surface area is 132 Å². The monoisotopic (exact) mass is 314 g/mol. The maximum atomic E-state index is 5.40. The zero-order valence-electron chi connectivity index (χ0n) is 12.3. The standard InChI is InChI=1S/C16H18N4OS/c1-2-5-15-13(4-1)17-16(22-15)6-3-8-20-10-14(18-19-20)12-7-9-21-11-12/h1-2,4-5,10,12H,3,6-9,11H2/t12-/m0/s1. The van der Waals surface area contributed by atoms with Gasteiger partial charge in [0.15, 0.2) is 0 Å². The fourth-order valence-corrected chi connectivity index (χ4v) is 3.81. The number of ether oxygens (including phenoxy) is 1. The van der Waals surface area contributed by atoms with Crippen molar-refractivity contribution in [2.45, 2.75) is 31.7 Å². The largest absolute Gasteiger partial charge is 0.381 e. The molecule has 1 aliphatic rings. The van der Waals surface area contributed by atoms with Crippen molar-refractivity contribution in [3.8, 4) is 0 Å². The SMILES string of the molecule is c1ccc2sc(CCCn3cc([C@H]4CCOC4)nn3)nc2c1. The van der Waals surface area contributed by atoms with Crippen molar-refractivity contribution < 1.29 is 4.74 Å². The molecule has 3 aromatic rings. The molecule has 3 heterocycles. The molecule has 22 heavy (non-hydrogen) atoms. The predicted octanol–water partition coefficient (Wildman–Crippen LogP) is 3.02. The van der Waals surface area contributed by atoms with Gasteiger partial charge in [0.05, 0.1) is 27.5 Å². The number of aromatic nitrogens is 4. The van der Waals surface area contributed by atoms with E-state index in [2.05, 4.69) is 39.7 Å². The number of fused-ring (bicyclic) bond motifs is 1. The van der Waals surface area contributed by atoms with E-state index in [1.807, 2.05) is 10.7 Å². The molecule has 1 aliphatic heterocycles. The van der Waals surface area contributed by atoms with Gasteiger partial charge in [-0.2, -0.15) is 0 Å². The van der Waals surface area contributed by atoms with Crippen LogP contribution in [-0.2, 0) is 17.7 Å². The second-order valence-corrected chi connectivity index (χ2v) is 6.76. The molecule has 5 nitrogen and oxygen atoms in total. The minimum absolute atomic E-state index is 0.429. The number of para-hydroxylation sites is 1. The molecule has 1 saturated heterocycles. The molecule has 1 atom stereocenters. The summed E-state index contributed by atoms with van der Waals surface area (Å²) in [7, 11) is 0. The highest BCUT2D eigenvalue weighted by molar-refractivity contribution is 7.18. The Bertz CT molecular complexity index is 727. The highest BCUT2D eigenvalue weighted by atomic mass is 32.1. The van der Waals surface area contributed by atoms with Gasteiger partial charge in [0.1, 0.15) is 0 Å². The Morgan fingerprint density at radius 1 is 1.32 bits per heavy atom. The molecule has 0 N–H and O–H groups in total. The van der Waals surface area contributed by atoms with Gasteiger partial charge in [-0.05, 0) is 25.0 Å². The zero-order valence-corrected chi connectivity index (χ0v) is 13.1. The molecule has 0 bridgehead atoms. The first kappa shape index (κ1) is 13.8. The smallest absolute Gasteiger partial charge is 0.0939 e. The van der Waals surface area contributed by atoms with Crippen molar-refractivity contribution in [3.63, 3.8) is 0 Å². The molecule has 0 aliphatic carbocycles. The first-order chi connectivity index (χ1) is 10.9. The summed E-state index contributed by atoms with van der Waals surface area (Å²) in [6, 6.07) is 8.30. The molecule has 6 heteroatoms. The molecule has 114 valence electrons. The molecule has 0 amide bonds. The van der Waals surface area contributed by atoms with E-state index in [4.69, 9.17) is 4.74 Å². The third kappa shape index (κ3) is 2.89. The number of rotatable bonds is 5. The zero-order chi connectivity index (χ0) is 14.8. The molecular weight excluding hydrogens is 296 g/mol. The maximum absolute atomic E-state index is 5.40. The Morgan fingerprint density at radius 3 is 3.14 bits per heavy atom. The van der Waals surface area contributed by atoms with E-state index in [0.717, 1.165) is 50.2 Å². The van der Waals surface area contributed by atoms with Gasteiger partial charge in [0, 0.05) is 31.7 Å². The van der Waals surface area contributed by atoms with Gasteiger partial charge in [-0.25, -0.2) is 4.98 Å². The van der Waals surface area contributed by atoms with E-state index in [-0.39, 0.29) is 0 Å². The van der Waals surface area contributed by atoms with Crippen LogP contribution in [0, 0.1) is 0 Å². The number of thiazole rings is 1. The van der Waals surface area contributed by atoms with Gasteiger partial charge in [-0.3, -0.25) is 4.68 Å². The van der Waals surface area contributed by atoms with Crippen molar-refractivity contribution in [3.05, 3.63) is 41.2 Å². The third-order valence-corrected chi connectivity index (χ3v) is 5.12. The van der Waals surface area contributed by atoms with Gasteiger partial charge >= 0.3 is 0 Å². The summed E-state index contributed by atoms with van der Waals surface area (Å²) in [5.41, 5.74) is 2.17. The van der Waals surface area contributed by atoms with Crippen molar-refractivity contribution >= 4 is 21.6 Å². The van der Waals surface area contributed by atoms with Crippen LogP contribution in [0.15, 0.2) is 30.5 Å². The Morgan fingerprint density at radius 2 is 2.27 bits per heavy atom. The lowest BCUT2D eigenvalue weighted by molar-refractivity contribution is 0.193. The second kappa shape index (κ2) is 6.14. The van der Waals surface area contributed by atoms with Crippen molar-refractivity contribution in [2.24, 2.45) is 0 Å². The van der Waals surface area contributed by atoms with E-state index in [9.17, 15) is 0 Å². The summed E-state index contributed by atoms with van der Waals surface area (Å²) in [6.45, 7) is 2.51. The summed E-state index contributed by atoms with van der Waals surface area (Å²) in [6.07, 6.45) is 5.15. The van der Waals surface area contributed by atoms with Gasteiger partial charge in [0.2, 0.25) is 0 Å². The molecule has 1 aromatic carbocycles. The molecule has 0 spiro atoms. The number of benzene rings is 1. The number of nitrogens with zero attached hydrogens (tertiary/aromatic N) is 4. The highest BCUT2D eigenvalue weighted by Gasteiger charge is 2.20. The minimum atomic E-state index is 0.429. The van der Waals surface area contributed by atoms with Crippen LogP contribution < -0.4 is 0 Å². The number of hydrogen-bond acceptors (Lipinski definition) is 5. The fraction of sp³-hybridized carbons (Fsp3) is 0.438. The lowest BCUT2D eigenvalue weighted by Crippen LogP contribution is -2.00. The van der Waals surface area contributed by atoms with Crippen molar-refractivity contribution in [1.82, 2.24) is 20.0 Å². The molecule has 4 rings (SSSR count).